The predicted molar refractivity (Wildman–Crippen MR) is 37.5 cm³/mol. The monoisotopic (exact) mass is 129 g/mol. The summed E-state index contributed by atoms with van der Waals surface area (Å²) in [5.74, 6) is 0. The third-order valence-corrected chi connectivity index (χ3v) is 1.86. The highest BCUT2D eigenvalue weighted by Crippen LogP contribution is 2.07. The fourth-order valence-corrected chi connectivity index (χ4v) is 1.22. The highest BCUT2D eigenvalue weighted by molar-refractivity contribution is 4.65. The summed E-state index contributed by atoms with van der Waals surface area (Å²) in [7, 11) is 1.80. The van der Waals surface area contributed by atoms with Gasteiger partial charge in [0.2, 0.25) is 0 Å². The van der Waals surface area contributed by atoms with Crippen LogP contribution in [-0.4, -0.2) is 26.3 Å². The van der Waals surface area contributed by atoms with Crippen LogP contribution in [0.15, 0.2) is 0 Å². The first-order valence-electron chi connectivity index (χ1n) is 3.67. The van der Waals surface area contributed by atoms with Crippen LogP contribution in [0, 0.1) is 0 Å². The van der Waals surface area contributed by atoms with Crippen molar-refractivity contribution in [2.45, 2.75) is 25.4 Å². The van der Waals surface area contributed by atoms with Gasteiger partial charge in [-0.15, -0.1) is 0 Å². The molecule has 2 heteroatoms. The van der Waals surface area contributed by atoms with Crippen LogP contribution in [-0.2, 0) is 4.74 Å². The largest absolute Gasteiger partial charge is 0.381 e. The maximum Gasteiger partial charge on any atom is 0.0584 e. The minimum absolute atomic E-state index is 0.514. The number of nitrogens with one attached hydrogen (secondary N) is 1. The van der Waals surface area contributed by atoms with E-state index < -0.39 is 0 Å². The van der Waals surface area contributed by atoms with Crippen LogP contribution in [0.2, 0.25) is 0 Å². The summed E-state index contributed by atoms with van der Waals surface area (Å²) in [6.45, 7) is 2.29. The Bertz CT molecular complexity index is 67.3. The van der Waals surface area contributed by atoms with E-state index in [9.17, 15) is 0 Å². The lowest BCUT2D eigenvalue weighted by molar-refractivity contribution is 0.0928. The van der Waals surface area contributed by atoms with Gasteiger partial charge >= 0.3 is 0 Å². The Morgan fingerprint density at radius 1 is 1.33 bits per heavy atom. The van der Waals surface area contributed by atoms with E-state index in [2.05, 4.69) is 5.32 Å². The Balaban J connectivity index is 2.18. The Morgan fingerprint density at radius 3 is 3.00 bits per heavy atom. The number of hydrogen-bond donors (Lipinski definition) is 1. The molecule has 0 amide bonds. The van der Waals surface area contributed by atoms with Crippen molar-refractivity contribution in [2.24, 2.45) is 0 Å². The van der Waals surface area contributed by atoms with Crippen LogP contribution in [0.25, 0.3) is 0 Å². The van der Waals surface area contributed by atoms with E-state index in [1.165, 1.54) is 25.8 Å². The van der Waals surface area contributed by atoms with Gasteiger partial charge in [0, 0.05) is 7.11 Å². The van der Waals surface area contributed by atoms with Crippen molar-refractivity contribution in [3.63, 3.8) is 0 Å². The molecule has 9 heavy (non-hydrogen) atoms. The lowest BCUT2D eigenvalue weighted by Crippen LogP contribution is -2.16. The highest BCUT2D eigenvalue weighted by Gasteiger charge is 2.08. The molecule has 0 aliphatic carbocycles. The zero-order valence-electron chi connectivity index (χ0n) is 6.02. The third kappa shape index (κ3) is 2.33. The lowest BCUT2D eigenvalue weighted by Gasteiger charge is -2.09. The Labute approximate surface area is 56.6 Å². The van der Waals surface area contributed by atoms with Gasteiger partial charge in [0.1, 0.15) is 0 Å². The van der Waals surface area contributed by atoms with Gasteiger partial charge in [0.15, 0.2) is 0 Å². The molecule has 1 aliphatic rings. The van der Waals surface area contributed by atoms with Crippen LogP contribution >= 0.6 is 0 Å². The summed E-state index contributed by atoms with van der Waals surface area (Å²) in [5.41, 5.74) is 0. The maximum absolute atomic E-state index is 5.23. The predicted octanol–water partition coefficient (Wildman–Crippen LogP) is 0.775. The first-order valence-corrected chi connectivity index (χ1v) is 3.67. The SMILES string of the molecule is COC1CCCNCC1. The van der Waals surface area contributed by atoms with Crippen LogP contribution in [0.5, 0.6) is 0 Å². The molecule has 0 radical (unpaired) electrons. The summed E-state index contributed by atoms with van der Waals surface area (Å²) in [5, 5.41) is 3.33. The molecule has 1 unspecified atom stereocenters. The fourth-order valence-electron chi connectivity index (χ4n) is 1.22. The van der Waals surface area contributed by atoms with E-state index in [0.717, 1.165) is 6.54 Å². The van der Waals surface area contributed by atoms with Gasteiger partial charge in [0.25, 0.3) is 0 Å². The second kappa shape index (κ2) is 3.85. The topological polar surface area (TPSA) is 21.3 Å². The summed E-state index contributed by atoms with van der Waals surface area (Å²) in [6, 6.07) is 0. The normalized spacial score (nSPS) is 29.7. The zero-order chi connectivity index (χ0) is 6.53. The van der Waals surface area contributed by atoms with E-state index in [4.69, 9.17) is 4.74 Å². The molecule has 1 heterocycles. The molecule has 1 N–H and O–H groups in total. The van der Waals surface area contributed by atoms with Crippen molar-refractivity contribution < 1.29 is 4.74 Å². The first-order chi connectivity index (χ1) is 4.43. The molecule has 1 rings (SSSR count). The number of hydrogen-bond acceptors (Lipinski definition) is 2. The molecule has 1 fully saturated rings. The molecule has 0 bridgehead atoms. The van der Waals surface area contributed by atoms with Crippen molar-refractivity contribution in [3.8, 4) is 0 Å². The second-order valence-corrected chi connectivity index (χ2v) is 2.54. The van der Waals surface area contributed by atoms with Crippen LogP contribution in [0.3, 0.4) is 0 Å². The maximum atomic E-state index is 5.23. The number of ether oxygens (including phenoxy) is 1. The van der Waals surface area contributed by atoms with E-state index in [0.29, 0.717) is 6.10 Å². The molecular formula is C7H15NO. The van der Waals surface area contributed by atoms with Gasteiger partial charge < -0.3 is 10.1 Å². The van der Waals surface area contributed by atoms with Gasteiger partial charge in [-0.3, -0.25) is 0 Å². The molecule has 0 saturated carbocycles. The molecule has 2 nitrogen and oxygen atoms in total. The molecular weight excluding hydrogens is 114 g/mol. The van der Waals surface area contributed by atoms with Crippen molar-refractivity contribution in [1.29, 1.82) is 0 Å². The fraction of sp³-hybridized carbons (Fsp3) is 1.00. The molecule has 54 valence electrons. The van der Waals surface area contributed by atoms with E-state index >= 15 is 0 Å². The minimum atomic E-state index is 0.514. The second-order valence-electron chi connectivity index (χ2n) is 2.54. The van der Waals surface area contributed by atoms with Gasteiger partial charge in [-0.25, -0.2) is 0 Å². The third-order valence-electron chi connectivity index (χ3n) is 1.86. The van der Waals surface area contributed by atoms with Crippen molar-refractivity contribution >= 4 is 0 Å². The molecule has 1 atom stereocenters. The Hall–Kier alpha value is -0.0800. The molecule has 1 aliphatic heterocycles. The molecule has 0 aromatic heterocycles. The molecule has 0 aromatic carbocycles. The van der Waals surface area contributed by atoms with Crippen LogP contribution < -0.4 is 5.32 Å². The number of rotatable bonds is 1. The zero-order valence-corrected chi connectivity index (χ0v) is 6.02. The minimum Gasteiger partial charge on any atom is -0.381 e. The van der Waals surface area contributed by atoms with Gasteiger partial charge in [-0.1, -0.05) is 0 Å². The van der Waals surface area contributed by atoms with Gasteiger partial charge in [-0.05, 0) is 32.4 Å². The van der Waals surface area contributed by atoms with Crippen LogP contribution in [0.4, 0.5) is 0 Å². The quantitative estimate of drug-likeness (QED) is 0.564. The lowest BCUT2D eigenvalue weighted by atomic mass is 10.2. The summed E-state index contributed by atoms with van der Waals surface area (Å²) >= 11 is 0. The van der Waals surface area contributed by atoms with E-state index in [1.54, 1.807) is 7.11 Å². The van der Waals surface area contributed by atoms with E-state index in [1.807, 2.05) is 0 Å². The van der Waals surface area contributed by atoms with Gasteiger partial charge in [0.05, 0.1) is 6.10 Å². The van der Waals surface area contributed by atoms with Crippen molar-refractivity contribution in [1.82, 2.24) is 5.32 Å². The van der Waals surface area contributed by atoms with Gasteiger partial charge in [-0.2, -0.15) is 0 Å². The summed E-state index contributed by atoms with van der Waals surface area (Å²) in [6.07, 6.45) is 4.18. The average molecular weight is 129 g/mol. The first kappa shape index (κ1) is 7.03. The smallest absolute Gasteiger partial charge is 0.0584 e. The molecule has 1 saturated heterocycles. The average Bonchev–Trinajstić information content (AvgIpc) is 2.13. The standard InChI is InChI=1S/C7H15NO/c1-9-7-3-2-5-8-6-4-7/h7-8H,2-6H2,1H3. The summed E-state index contributed by atoms with van der Waals surface area (Å²) in [4.78, 5) is 0. The molecule has 0 spiro atoms. The number of methoxy groups -OCH3 is 1. The van der Waals surface area contributed by atoms with Crippen molar-refractivity contribution in [3.05, 3.63) is 0 Å². The highest BCUT2D eigenvalue weighted by atomic mass is 16.5. The Morgan fingerprint density at radius 2 is 2.22 bits per heavy atom. The summed E-state index contributed by atoms with van der Waals surface area (Å²) < 4.78 is 5.23. The van der Waals surface area contributed by atoms with E-state index in [-0.39, 0.29) is 0 Å². The van der Waals surface area contributed by atoms with Crippen molar-refractivity contribution in [2.75, 3.05) is 20.2 Å². The van der Waals surface area contributed by atoms with Crippen LogP contribution in [0.1, 0.15) is 19.3 Å². The molecule has 0 aromatic rings. The Kier molecular flexibility index (Phi) is 3.01.